The predicted molar refractivity (Wildman–Crippen MR) is 61.3 cm³/mol. The molecule has 0 aromatic heterocycles. The van der Waals surface area contributed by atoms with E-state index < -0.39 is 6.10 Å². The molecule has 1 aromatic rings. The fourth-order valence-electron chi connectivity index (χ4n) is 1.12. The van der Waals surface area contributed by atoms with E-state index in [2.05, 4.69) is 0 Å². The number of aliphatic hydroxyl groups excluding tert-OH is 1. The van der Waals surface area contributed by atoms with Crippen LogP contribution in [0.15, 0.2) is 24.3 Å². The van der Waals surface area contributed by atoms with E-state index in [1.165, 1.54) is 4.90 Å². The lowest BCUT2D eigenvalue weighted by atomic mass is 10.1. The van der Waals surface area contributed by atoms with E-state index >= 15 is 0 Å². The van der Waals surface area contributed by atoms with Gasteiger partial charge in [0.15, 0.2) is 6.61 Å². The Morgan fingerprint density at radius 3 is 2.38 bits per heavy atom. The fourth-order valence-corrected chi connectivity index (χ4v) is 1.12. The molecule has 0 saturated carbocycles. The highest BCUT2D eigenvalue weighted by molar-refractivity contribution is 5.77. The molecule has 1 N–H and O–H groups in total. The SMILES string of the molecule is C[C@H](O)c1ccc(OCC(=O)N(C)C)cc1. The Hall–Kier alpha value is -1.55. The number of amides is 1. The summed E-state index contributed by atoms with van der Waals surface area (Å²) in [7, 11) is 3.37. The van der Waals surface area contributed by atoms with Crippen molar-refractivity contribution in [2.24, 2.45) is 0 Å². The molecule has 1 aromatic carbocycles. The summed E-state index contributed by atoms with van der Waals surface area (Å²) in [6.45, 7) is 1.73. The van der Waals surface area contributed by atoms with E-state index in [1.807, 2.05) is 0 Å². The maximum Gasteiger partial charge on any atom is 0.259 e. The summed E-state index contributed by atoms with van der Waals surface area (Å²) >= 11 is 0. The van der Waals surface area contributed by atoms with Gasteiger partial charge >= 0.3 is 0 Å². The highest BCUT2D eigenvalue weighted by Gasteiger charge is 2.05. The second-order valence-electron chi connectivity index (χ2n) is 3.82. The molecule has 0 bridgehead atoms. The molecule has 0 saturated heterocycles. The number of nitrogens with zero attached hydrogens (tertiary/aromatic N) is 1. The quantitative estimate of drug-likeness (QED) is 0.834. The Morgan fingerprint density at radius 2 is 1.94 bits per heavy atom. The van der Waals surface area contributed by atoms with Gasteiger partial charge in [0.05, 0.1) is 6.10 Å². The Morgan fingerprint density at radius 1 is 1.38 bits per heavy atom. The first kappa shape index (κ1) is 12.5. The van der Waals surface area contributed by atoms with Gasteiger partial charge in [-0.3, -0.25) is 4.79 Å². The van der Waals surface area contributed by atoms with Gasteiger partial charge < -0.3 is 14.7 Å². The minimum atomic E-state index is -0.488. The molecule has 0 unspecified atom stereocenters. The van der Waals surface area contributed by atoms with Crippen LogP contribution in [-0.2, 0) is 4.79 Å². The molecule has 1 atom stereocenters. The number of benzene rings is 1. The van der Waals surface area contributed by atoms with Gasteiger partial charge in [0.2, 0.25) is 0 Å². The normalized spacial score (nSPS) is 12.0. The fraction of sp³-hybridized carbons (Fsp3) is 0.417. The molecule has 4 nitrogen and oxygen atoms in total. The van der Waals surface area contributed by atoms with E-state index in [4.69, 9.17) is 4.74 Å². The molecule has 0 spiro atoms. The standard InChI is InChI=1S/C12H17NO3/c1-9(14)10-4-6-11(7-5-10)16-8-12(15)13(2)3/h4-7,9,14H,8H2,1-3H3/t9-/m0/s1. The summed E-state index contributed by atoms with van der Waals surface area (Å²) in [6, 6.07) is 7.04. The maximum atomic E-state index is 11.3. The molecule has 0 aliphatic carbocycles. The molecule has 0 radical (unpaired) electrons. The van der Waals surface area contributed by atoms with Crippen LogP contribution < -0.4 is 4.74 Å². The van der Waals surface area contributed by atoms with E-state index in [0.29, 0.717) is 5.75 Å². The van der Waals surface area contributed by atoms with Crippen LogP contribution in [0.5, 0.6) is 5.75 Å². The number of aliphatic hydroxyl groups is 1. The summed E-state index contributed by atoms with van der Waals surface area (Å²) in [4.78, 5) is 12.7. The smallest absolute Gasteiger partial charge is 0.259 e. The van der Waals surface area contributed by atoms with E-state index in [1.54, 1.807) is 45.3 Å². The Bertz CT molecular complexity index is 344. The first-order valence-electron chi connectivity index (χ1n) is 5.11. The van der Waals surface area contributed by atoms with Gasteiger partial charge in [-0.2, -0.15) is 0 Å². The van der Waals surface area contributed by atoms with Crippen molar-refractivity contribution in [2.75, 3.05) is 20.7 Å². The number of likely N-dealkylation sites (N-methyl/N-ethyl adjacent to an activating group) is 1. The topological polar surface area (TPSA) is 49.8 Å². The molecule has 1 amide bonds. The molecule has 0 heterocycles. The molecule has 4 heteroatoms. The average Bonchev–Trinajstić information content (AvgIpc) is 2.26. The van der Waals surface area contributed by atoms with Crippen molar-refractivity contribution < 1.29 is 14.6 Å². The zero-order valence-electron chi connectivity index (χ0n) is 9.80. The number of carbonyl (C=O) groups is 1. The first-order chi connectivity index (χ1) is 7.50. The lowest BCUT2D eigenvalue weighted by Crippen LogP contribution is -2.27. The second kappa shape index (κ2) is 5.51. The van der Waals surface area contributed by atoms with Crippen molar-refractivity contribution in [1.82, 2.24) is 4.90 Å². The van der Waals surface area contributed by atoms with E-state index in [9.17, 15) is 9.90 Å². The zero-order valence-corrected chi connectivity index (χ0v) is 9.80. The van der Waals surface area contributed by atoms with Crippen molar-refractivity contribution in [3.63, 3.8) is 0 Å². The monoisotopic (exact) mass is 223 g/mol. The highest BCUT2D eigenvalue weighted by atomic mass is 16.5. The van der Waals surface area contributed by atoms with Gasteiger partial charge in [-0.05, 0) is 24.6 Å². The largest absolute Gasteiger partial charge is 0.484 e. The van der Waals surface area contributed by atoms with Crippen molar-refractivity contribution in [3.8, 4) is 5.75 Å². The van der Waals surface area contributed by atoms with Crippen LogP contribution in [0.2, 0.25) is 0 Å². The van der Waals surface area contributed by atoms with Crippen LogP contribution in [0.4, 0.5) is 0 Å². The number of carbonyl (C=O) groups excluding carboxylic acids is 1. The van der Waals surface area contributed by atoms with Crippen LogP contribution in [0.3, 0.4) is 0 Å². The maximum absolute atomic E-state index is 11.3. The van der Waals surface area contributed by atoms with Crippen LogP contribution in [0.1, 0.15) is 18.6 Å². The number of hydrogen-bond donors (Lipinski definition) is 1. The van der Waals surface area contributed by atoms with Gasteiger partial charge in [0.25, 0.3) is 5.91 Å². The first-order valence-corrected chi connectivity index (χ1v) is 5.11. The molecule has 0 aliphatic heterocycles. The Kier molecular flexibility index (Phi) is 4.31. The summed E-state index contributed by atoms with van der Waals surface area (Å²) in [5.74, 6) is 0.541. The third kappa shape index (κ3) is 3.55. The average molecular weight is 223 g/mol. The third-order valence-electron chi connectivity index (χ3n) is 2.22. The van der Waals surface area contributed by atoms with Crippen molar-refractivity contribution in [1.29, 1.82) is 0 Å². The van der Waals surface area contributed by atoms with E-state index in [0.717, 1.165) is 5.56 Å². The van der Waals surface area contributed by atoms with Crippen molar-refractivity contribution in [3.05, 3.63) is 29.8 Å². The molecule has 88 valence electrons. The molecule has 16 heavy (non-hydrogen) atoms. The third-order valence-corrected chi connectivity index (χ3v) is 2.22. The molecule has 0 aliphatic rings. The molecule has 1 rings (SSSR count). The molecular weight excluding hydrogens is 206 g/mol. The number of hydrogen-bond acceptors (Lipinski definition) is 3. The zero-order chi connectivity index (χ0) is 12.1. The lowest BCUT2D eigenvalue weighted by Gasteiger charge is -2.11. The number of rotatable bonds is 4. The summed E-state index contributed by atoms with van der Waals surface area (Å²) in [5.41, 5.74) is 0.825. The van der Waals surface area contributed by atoms with Crippen molar-refractivity contribution >= 4 is 5.91 Å². The molecular formula is C12H17NO3. The summed E-state index contributed by atoms with van der Waals surface area (Å²) in [5, 5.41) is 9.30. The van der Waals surface area contributed by atoms with Crippen LogP contribution in [0, 0.1) is 0 Å². The minimum absolute atomic E-state index is 0.0288. The van der Waals surface area contributed by atoms with Gasteiger partial charge in [-0.1, -0.05) is 12.1 Å². The Balaban J connectivity index is 2.53. The second-order valence-corrected chi connectivity index (χ2v) is 3.82. The highest BCUT2D eigenvalue weighted by Crippen LogP contribution is 2.17. The van der Waals surface area contributed by atoms with Gasteiger partial charge in [0.1, 0.15) is 5.75 Å². The predicted octanol–water partition coefficient (Wildman–Crippen LogP) is 1.21. The summed E-state index contributed by atoms with van der Waals surface area (Å²) in [6.07, 6.45) is -0.488. The molecule has 0 fully saturated rings. The van der Waals surface area contributed by atoms with Gasteiger partial charge in [-0.15, -0.1) is 0 Å². The van der Waals surface area contributed by atoms with Gasteiger partial charge in [0, 0.05) is 14.1 Å². The lowest BCUT2D eigenvalue weighted by molar-refractivity contribution is -0.130. The number of ether oxygens (including phenoxy) is 1. The Labute approximate surface area is 95.5 Å². The van der Waals surface area contributed by atoms with Crippen LogP contribution in [-0.4, -0.2) is 36.6 Å². The summed E-state index contributed by atoms with van der Waals surface area (Å²) < 4.78 is 5.29. The van der Waals surface area contributed by atoms with Crippen LogP contribution in [0.25, 0.3) is 0 Å². The van der Waals surface area contributed by atoms with Gasteiger partial charge in [-0.25, -0.2) is 0 Å². The van der Waals surface area contributed by atoms with Crippen molar-refractivity contribution in [2.45, 2.75) is 13.0 Å². The van der Waals surface area contributed by atoms with E-state index in [-0.39, 0.29) is 12.5 Å². The minimum Gasteiger partial charge on any atom is -0.484 e. The van der Waals surface area contributed by atoms with Crippen LogP contribution >= 0.6 is 0 Å².